The molecule has 0 amide bonds. The Hall–Kier alpha value is -2.68. The van der Waals surface area contributed by atoms with Crippen molar-refractivity contribution in [3.8, 4) is 0 Å². The van der Waals surface area contributed by atoms with Crippen LogP contribution in [0.5, 0.6) is 0 Å². The van der Waals surface area contributed by atoms with E-state index in [1.807, 2.05) is 0 Å². The van der Waals surface area contributed by atoms with E-state index in [9.17, 15) is 14.4 Å². The van der Waals surface area contributed by atoms with E-state index >= 15 is 0 Å². The molecule has 0 aliphatic carbocycles. The van der Waals surface area contributed by atoms with Gasteiger partial charge in [-0.1, -0.05) is 11.3 Å². The number of anilines is 1. The van der Waals surface area contributed by atoms with Crippen molar-refractivity contribution in [3.05, 3.63) is 27.4 Å². The van der Waals surface area contributed by atoms with E-state index in [0.29, 0.717) is 11.9 Å². The number of carbonyl (C=O) groups is 2. The minimum Gasteiger partial charge on any atom is -0.478 e. The van der Waals surface area contributed by atoms with Gasteiger partial charge < -0.3 is 15.2 Å². The molecule has 1 heterocycles. The van der Waals surface area contributed by atoms with Crippen molar-refractivity contribution in [3.63, 3.8) is 0 Å². The normalized spacial score (nSPS) is 10.9. The highest BCUT2D eigenvalue weighted by Crippen LogP contribution is 2.27. The summed E-state index contributed by atoms with van der Waals surface area (Å²) in [7, 11) is 0. The van der Waals surface area contributed by atoms with Crippen LogP contribution in [0.25, 0.3) is 10.2 Å². The number of nitrogens with one attached hydrogen (secondary N) is 2. The molecule has 0 spiro atoms. The Morgan fingerprint density at radius 2 is 2.11 bits per heavy atom. The molecular formula is C10H7N3O5S. The van der Waals surface area contributed by atoms with Crippen LogP contribution in [0.15, 0.2) is 22.0 Å². The number of H-pyrrole nitrogens is 1. The van der Waals surface area contributed by atoms with E-state index in [0.717, 1.165) is 11.3 Å². The molecule has 0 saturated heterocycles. The number of carboxylic acid groups (broad SMARTS) is 2. The second-order valence-electron chi connectivity index (χ2n) is 3.39. The molecule has 98 valence electrons. The molecule has 1 aromatic heterocycles. The predicted molar refractivity (Wildman–Crippen MR) is 69.2 cm³/mol. The molecule has 2 aromatic rings. The molecule has 0 atom stereocenters. The first kappa shape index (κ1) is 12.8. The standard InChI is InChI=1S/C10H7N3O5S/c14-6(15)3-11-13-5-2-1-4(9(16)17)8-7(5)12-10(18)19-8/h1-3,13H,(H,12,18)(H,14,15)(H,16,17). The summed E-state index contributed by atoms with van der Waals surface area (Å²) in [6, 6.07) is 2.71. The monoisotopic (exact) mass is 281 g/mol. The fraction of sp³-hybridized carbons (Fsp3) is 0. The molecule has 2 rings (SSSR count). The van der Waals surface area contributed by atoms with Crippen LogP contribution in [0.3, 0.4) is 0 Å². The lowest BCUT2D eigenvalue weighted by atomic mass is 10.2. The van der Waals surface area contributed by atoms with Gasteiger partial charge in [-0.2, -0.15) is 5.10 Å². The fourth-order valence-electron chi connectivity index (χ4n) is 1.45. The smallest absolute Gasteiger partial charge is 0.348 e. The van der Waals surface area contributed by atoms with Crippen molar-refractivity contribution in [2.45, 2.75) is 0 Å². The number of rotatable bonds is 4. The van der Waals surface area contributed by atoms with E-state index in [2.05, 4.69) is 15.5 Å². The molecule has 0 fully saturated rings. The molecular weight excluding hydrogens is 274 g/mol. The quantitative estimate of drug-likeness (QED) is 0.483. The SMILES string of the molecule is O=C(O)C=NNc1ccc(C(=O)O)c2sc(=O)[nH]c12. The second-order valence-corrected chi connectivity index (χ2v) is 4.38. The number of aliphatic carboxylic acids is 1. The van der Waals surface area contributed by atoms with Gasteiger partial charge in [0.2, 0.25) is 0 Å². The number of aromatic carboxylic acids is 1. The summed E-state index contributed by atoms with van der Waals surface area (Å²) in [6.07, 6.45) is 0.640. The zero-order valence-corrected chi connectivity index (χ0v) is 10.0. The van der Waals surface area contributed by atoms with Gasteiger partial charge in [0.15, 0.2) is 0 Å². The van der Waals surface area contributed by atoms with E-state index < -0.39 is 16.8 Å². The highest BCUT2D eigenvalue weighted by atomic mass is 32.1. The van der Waals surface area contributed by atoms with Crippen LogP contribution < -0.4 is 10.3 Å². The minimum absolute atomic E-state index is 0.00823. The molecule has 0 saturated carbocycles. The van der Waals surface area contributed by atoms with Crippen molar-refractivity contribution < 1.29 is 19.8 Å². The summed E-state index contributed by atoms with van der Waals surface area (Å²) >= 11 is 0.761. The Labute approximate surface area is 109 Å². The summed E-state index contributed by atoms with van der Waals surface area (Å²) in [5.74, 6) is -2.38. The maximum atomic E-state index is 11.3. The molecule has 1 aromatic carbocycles. The van der Waals surface area contributed by atoms with E-state index in [4.69, 9.17) is 10.2 Å². The van der Waals surface area contributed by atoms with Crippen LogP contribution in [-0.2, 0) is 4.79 Å². The Morgan fingerprint density at radius 3 is 2.74 bits per heavy atom. The van der Waals surface area contributed by atoms with Crippen LogP contribution in [0.1, 0.15) is 10.4 Å². The molecule has 0 aliphatic heterocycles. The Balaban J connectivity index is 2.52. The first-order valence-corrected chi connectivity index (χ1v) is 5.72. The van der Waals surface area contributed by atoms with Crippen molar-refractivity contribution in [1.29, 1.82) is 0 Å². The largest absolute Gasteiger partial charge is 0.478 e. The van der Waals surface area contributed by atoms with Gasteiger partial charge >= 0.3 is 16.8 Å². The highest BCUT2D eigenvalue weighted by Gasteiger charge is 2.14. The number of carboxylic acids is 2. The first-order valence-electron chi connectivity index (χ1n) is 4.90. The maximum absolute atomic E-state index is 11.3. The number of hydrogen-bond acceptors (Lipinski definition) is 6. The van der Waals surface area contributed by atoms with Gasteiger partial charge in [-0.15, -0.1) is 0 Å². The number of nitrogens with zero attached hydrogens (tertiary/aromatic N) is 1. The number of fused-ring (bicyclic) bond motifs is 1. The molecule has 0 bridgehead atoms. The van der Waals surface area contributed by atoms with E-state index in [1.165, 1.54) is 12.1 Å². The van der Waals surface area contributed by atoms with Gasteiger partial charge in [0.05, 0.1) is 21.5 Å². The Morgan fingerprint density at radius 1 is 1.37 bits per heavy atom. The van der Waals surface area contributed by atoms with E-state index in [-0.39, 0.29) is 15.8 Å². The van der Waals surface area contributed by atoms with Gasteiger partial charge in [0.1, 0.15) is 6.21 Å². The van der Waals surface area contributed by atoms with Crippen LogP contribution in [-0.4, -0.2) is 33.4 Å². The summed E-state index contributed by atoms with van der Waals surface area (Å²) in [5, 5.41) is 20.8. The minimum atomic E-state index is -1.23. The molecule has 0 aliphatic rings. The van der Waals surface area contributed by atoms with Gasteiger partial charge in [-0.3, -0.25) is 10.2 Å². The average molecular weight is 281 g/mol. The lowest BCUT2D eigenvalue weighted by Crippen LogP contribution is -2.01. The highest BCUT2D eigenvalue weighted by molar-refractivity contribution is 7.16. The summed E-state index contributed by atoms with van der Waals surface area (Å²) in [5.41, 5.74) is 3.01. The van der Waals surface area contributed by atoms with Crippen molar-refractivity contribution in [1.82, 2.24) is 4.98 Å². The zero-order chi connectivity index (χ0) is 14.0. The Bertz CT molecular complexity index is 745. The van der Waals surface area contributed by atoms with Crippen molar-refractivity contribution >= 4 is 45.4 Å². The van der Waals surface area contributed by atoms with Crippen LogP contribution >= 0.6 is 11.3 Å². The molecule has 8 nitrogen and oxygen atoms in total. The number of aromatic amines is 1. The number of aromatic nitrogens is 1. The third kappa shape index (κ3) is 2.60. The van der Waals surface area contributed by atoms with Crippen molar-refractivity contribution in [2.24, 2.45) is 5.10 Å². The predicted octanol–water partition coefficient (Wildman–Crippen LogP) is 0.770. The van der Waals surface area contributed by atoms with Gasteiger partial charge in [-0.05, 0) is 12.1 Å². The van der Waals surface area contributed by atoms with Gasteiger partial charge in [0, 0.05) is 0 Å². The molecule has 9 heteroatoms. The van der Waals surface area contributed by atoms with Crippen molar-refractivity contribution in [2.75, 3.05) is 5.43 Å². The van der Waals surface area contributed by atoms with E-state index in [1.54, 1.807) is 0 Å². The third-order valence-electron chi connectivity index (χ3n) is 2.17. The lowest BCUT2D eigenvalue weighted by molar-refractivity contribution is -0.128. The third-order valence-corrected chi connectivity index (χ3v) is 3.09. The molecule has 0 unspecified atom stereocenters. The van der Waals surface area contributed by atoms with Crippen LogP contribution in [0.2, 0.25) is 0 Å². The maximum Gasteiger partial charge on any atom is 0.348 e. The zero-order valence-electron chi connectivity index (χ0n) is 9.21. The summed E-state index contributed by atoms with van der Waals surface area (Å²) < 4.78 is 0.271. The topological polar surface area (TPSA) is 132 Å². The first-order chi connectivity index (χ1) is 8.99. The number of thiazole rings is 1. The fourth-order valence-corrected chi connectivity index (χ4v) is 2.32. The number of hydrogen-bond donors (Lipinski definition) is 4. The number of hydrazone groups is 1. The van der Waals surface area contributed by atoms with Gasteiger partial charge in [-0.25, -0.2) is 9.59 Å². The summed E-state index contributed by atoms with van der Waals surface area (Å²) in [4.78, 5) is 34.7. The molecule has 0 radical (unpaired) electrons. The second kappa shape index (κ2) is 4.90. The summed E-state index contributed by atoms with van der Waals surface area (Å²) in [6.45, 7) is 0. The molecule has 4 N–H and O–H groups in total. The Kier molecular flexibility index (Phi) is 3.29. The van der Waals surface area contributed by atoms with Crippen LogP contribution in [0.4, 0.5) is 5.69 Å². The number of benzene rings is 1. The van der Waals surface area contributed by atoms with Crippen LogP contribution in [0, 0.1) is 0 Å². The van der Waals surface area contributed by atoms with Gasteiger partial charge in [0.25, 0.3) is 0 Å². The molecule has 19 heavy (non-hydrogen) atoms. The average Bonchev–Trinajstić information content (AvgIpc) is 2.69. The lowest BCUT2D eigenvalue weighted by Gasteiger charge is -2.03.